The van der Waals surface area contributed by atoms with E-state index in [0.29, 0.717) is 30.3 Å². The highest BCUT2D eigenvalue weighted by Crippen LogP contribution is 2.39. The molecule has 0 unspecified atom stereocenters. The van der Waals surface area contributed by atoms with E-state index in [1.165, 1.54) is 0 Å². The van der Waals surface area contributed by atoms with Gasteiger partial charge in [-0.2, -0.15) is 0 Å². The first-order valence-electron chi connectivity index (χ1n) is 8.45. The van der Waals surface area contributed by atoms with E-state index < -0.39 is 0 Å². The summed E-state index contributed by atoms with van der Waals surface area (Å²) in [7, 11) is 10.5. The van der Waals surface area contributed by atoms with Gasteiger partial charge in [0.25, 0.3) is 0 Å². The highest BCUT2D eigenvalue weighted by molar-refractivity contribution is 6.30. The maximum Gasteiger partial charge on any atom is 0.203 e. The number of benzene rings is 1. The number of methoxy groups -OCH3 is 3. The second-order valence-corrected chi connectivity index (χ2v) is 6.45. The third kappa shape index (κ3) is 4.80. The third-order valence-electron chi connectivity index (χ3n) is 4.27. The van der Waals surface area contributed by atoms with Gasteiger partial charge in [0.1, 0.15) is 0 Å². The van der Waals surface area contributed by atoms with Gasteiger partial charge in [-0.25, -0.2) is 0 Å². The molecule has 0 atom stereocenters. The minimum absolute atomic E-state index is 0.522. The Balaban J connectivity index is 2.13. The standard InChI is InChI=1S/C19H27ClN4O3/c1-21-19(24(3)12-15-9-14(20)11-23(15)2)22-10-13-7-8-16(25-4)18(27-6)17(13)26-5/h7-9,11H,10,12H2,1-6H3,(H,21,22). The first-order valence-corrected chi connectivity index (χ1v) is 8.83. The van der Waals surface area contributed by atoms with Crippen molar-refractivity contribution >= 4 is 17.6 Å². The summed E-state index contributed by atoms with van der Waals surface area (Å²) < 4.78 is 18.3. The molecule has 0 fully saturated rings. The Morgan fingerprint density at radius 1 is 1.19 bits per heavy atom. The number of aliphatic imine (C=N–C) groups is 1. The normalized spacial score (nSPS) is 11.3. The molecule has 2 aromatic rings. The van der Waals surface area contributed by atoms with Crippen LogP contribution >= 0.6 is 11.6 Å². The van der Waals surface area contributed by atoms with E-state index in [1.54, 1.807) is 28.4 Å². The lowest BCUT2D eigenvalue weighted by Gasteiger charge is -2.23. The van der Waals surface area contributed by atoms with Crippen LogP contribution in [0.15, 0.2) is 29.4 Å². The average molecular weight is 395 g/mol. The summed E-state index contributed by atoms with van der Waals surface area (Å²) in [6.07, 6.45) is 1.88. The molecule has 0 saturated carbocycles. The largest absolute Gasteiger partial charge is 0.493 e. The smallest absolute Gasteiger partial charge is 0.203 e. The van der Waals surface area contributed by atoms with Crippen molar-refractivity contribution in [2.24, 2.45) is 12.0 Å². The van der Waals surface area contributed by atoms with Gasteiger partial charge in [0.05, 0.1) is 32.9 Å². The zero-order valence-electron chi connectivity index (χ0n) is 16.7. The average Bonchev–Trinajstić information content (AvgIpc) is 2.98. The number of rotatable bonds is 7. The maximum atomic E-state index is 6.07. The van der Waals surface area contributed by atoms with Crippen molar-refractivity contribution in [1.29, 1.82) is 0 Å². The molecule has 0 bridgehead atoms. The highest BCUT2D eigenvalue weighted by Gasteiger charge is 2.17. The van der Waals surface area contributed by atoms with Crippen molar-refractivity contribution in [2.75, 3.05) is 35.4 Å². The fraction of sp³-hybridized carbons (Fsp3) is 0.421. The van der Waals surface area contributed by atoms with E-state index in [1.807, 2.05) is 48.0 Å². The Hall–Kier alpha value is -2.54. The van der Waals surface area contributed by atoms with Crippen LogP contribution in [0, 0.1) is 0 Å². The van der Waals surface area contributed by atoms with Crippen LogP contribution in [0.2, 0.25) is 5.02 Å². The first-order chi connectivity index (χ1) is 12.9. The summed E-state index contributed by atoms with van der Waals surface area (Å²) in [5, 5.41) is 4.07. The van der Waals surface area contributed by atoms with Gasteiger partial charge in [0.2, 0.25) is 5.75 Å². The number of halogens is 1. The van der Waals surface area contributed by atoms with Gasteiger partial charge in [0, 0.05) is 45.1 Å². The maximum absolute atomic E-state index is 6.07. The van der Waals surface area contributed by atoms with E-state index in [4.69, 9.17) is 25.8 Å². The monoisotopic (exact) mass is 394 g/mol. The molecule has 27 heavy (non-hydrogen) atoms. The van der Waals surface area contributed by atoms with Crippen molar-refractivity contribution in [1.82, 2.24) is 14.8 Å². The van der Waals surface area contributed by atoms with Crippen LogP contribution in [0.25, 0.3) is 0 Å². The first kappa shape index (κ1) is 20.8. The van der Waals surface area contributed by atoms with Gasteiger partial charge in [-0.05, 0) is 18.2 Å². The van der Waals surface area contributed by atoms with Gasteiger partial charge in [-0.1, -0.05) is 11.6 Å². The summed E-state index contributed by atoms with van der Waals surface area (Å²) in [6.45, 7) is 1.19. The van der Waals surface area contributed by atoms with Crippen LogP contribution in [0.4, 0.5) is 0 Å². The van der Waals surface area contributed by atoms with E-state index in [2.05, 4.69) is 10.3 Å². The van der Waals surface area contributed by atoms with Crippen LogP contribution in [-0.2, 0) is 20.1 Å². The lowest BCUT2D eigenvalue weighted by Crippen LogP contribution is -2.38. The number of guanidine groups is 1. The molecule has 148 valence electrons. The molecule has 2 rings (SSSR count). The highest BCUT2D eigenvalue weighted by atomic mass is 35.5. The lowest BCUT2D eigenvalue weighted by molar-refractivity contribution is 0.322. The van der Waals surface area contributed by atoms with Crippen molar-refractivity contribution in [3.63, 3.8) is 0 Å². The van der Waals surface area contributed by atoms with E-state index in [0.717, 1.165) is 22.2 Å². The van der Waals surface area contributed by atoms with E-state index in [9.17, 15) is 0 Å². The summed E-state index contributed by atoms with van der Waals surface area (Å²) in [4.78, 5) is 6.39. The fourth-order valence-electron chi connectivity index (χ4n) is 2.90. The number of aryl methyl sites for hydroxylation is 1. The fourth-order valence-corrected chi connectivity index (χ4v) is 3.17. The second kappa shape index (κ2) is 9.41. The Bertz CT molecular complexity index is 804. The Morgan fingerprint density at radius 2 is 1.89 bits per heavy atom. The SMILES string of the molecule is CN=C(NCc1ccc(OC)c(OC)c1OC)N(C)Cc1cc(Cl)cn1C. The molecule has 0 aliphatic carbocycles. The number of hydrogen-bond donors (Lipinski definition) is 1. The van der Waals surface area contributed by atoms with Crippen molar-refractivity contribution in [3.05, 3.63) is 40.7 Å². The van der Waals surface area contributed by atoms with Crippen LogP contribution < -0.4 is 19.5 Å². The zero-order chi connectivity index (χ0) is 20.0. The van der Waals surface area contributed by atoms with Crippen molar-refractivity contribution in [2.45, 2.75) is 13.1 Å². The third-order valence-corrected chi connectivity index (χ3v) is 4.48. The summed E-state index contributed by atoms with van der Waals surface area (Å²) in [5.41, 5.74) is 2.03. The molecule has 7 nitrogen and oxygen atoms in total. The second-order valence-electron chi connectivity index (χ2n) is 6.01. The van der Waals surface area contributed by atoms with Gasteiger partial charge in [0.15, 0.2) is 17.5 Å². The lowest BCUT2D eigenvalue weighted by atomic mass is 10.1. The van der Waals surface area contributed by atoms with E-state index in [-0.39, 0.29) is 0 Å². The number of nitrogens with zero attached hydrogens (tertiary/aromatic N) is 3. The Labute approximate surface area is 165 Å². The Morgan fingerprint density at radius 3 is 2.41 bits per heavy atom. The van der Waals surface area contributed by atoms with Crippen LogP contribution in [0.3, 0.4) is 0 Å². The topological polar surface area (TPSA) is 60.3 Å². The van der Waals surface area contributed by atoms with Crippen molar-refractivity contribution < 1.29 is 14.2 Å². The number of aromatic nitrogens is 1. The van der Waals surface area contributed by atoms with Crippen LogP contribution in [0.5, 0.6) is 17.2 Å². The van der Waals surface area contributed by atoms with Gasteiger partial charge in [-0.15, -0.1) is 0 Å². The van der Waals surface area contributed by atoms with Gasteiger partial charge >= 0.3 is 0 Å². The summed E-state index contributed by atoms with van der Waals surface area (Å²) in [6, 6.07) is 5.75. The predicted molar refractivity (Wildman–Crippen MR) is 108 cm³/mol. The molecule has 0 saturated heterocycles. The van der Waals surface area contributed by atoms with Crippen molar-refractivity contribution in [3.8, 4) is 17.2 Å². The zero-order valence-corrected chi connectivity index (χ0v) is 17.4. The Kier molecular flexibility index (Phi) is 7.24. The number of ether oxygens (including phenoxy) is 3. The molecule has 1 heterocycles. The number of hydrogen-bond acceptors (Lipinski definition) is 4. The molecule has 1 aromatic heterocycles. The molecule has 0 aliphatic rings. The minimum atomic E-state index is 0.522. The summed E-state index contributed by atoms with van der Waals surface area (Å²) >= 11 is 6.07. The number of nitrogens with one attached hydrogen (secondary N) is 1. The molecule has 1 aromatic carbocycles. The molecule has 0 spiro atoms. The van der Waals surface area contributed by atoms with Crippen LogP contribution in [0.1, 0.15) is 11.3 Å². The molecule has 1 N–H and O–H groups in total. The molecular weight excluding hydrogens is 368 g/mol. The molecule has 0 amide bonds. The quantitative estimate of drug-likeness (QED) is 0.578. The van der Waals surface area contributed by atoms with Crippen LogP contribution in [-0.4, -0.2) is 50.9 Å². The van der Waals surface area contributed by atoms with E-state index >= 15 is 0 Å². The molecule has 0 aliphatic heterocycles. The minimum Gasteiger partial charge on any atom is -0.493 e. The molecule has 8 heteroatoms. The predicted octanol–water partition coefficient (Wildman–Crippen LogP) is 2.91. The molecular formula is C19H27ClN4O3. The molecule has 0 radical (unpaired) electrons. The summed E-state index contributed by atoms with van der Waals surface area (Å²) in [5.74, 6) is 2.59. The van der Waals surface area contributed by atoms with Gasteiger partial charge in [-0.3, -0.25) is 4.99 Å². The van der Waals surface area contributed by atoms with Gasteiger partial charge < -0.3 is 29.0 Å².